The van der Waals surface area contributed by atoms with E-state index in [0.717, 1.165) is 0 Å². The van der Waals surface area contributed by atoms with Crippen molar-refractivity contribution in [1.82, 2.24) is 4.98 Å². The zero-order chi connectivity index (χ0) is 8.85. The highest BCUT2D eigenvalue weighted by Gasteiger charge is 2.01. The van der Waals surface area contributed by atoms with Gasteiger partial charge in [0, 0.05) is 11.1 Å². The van der Waals surface area contributed by atoms with Crippen LogP contribution in [-0.2, 0) is 0 Å². The lowest BCUT2D eigenvalue weighted by molar-refractivity contribution is 0.885. The summed E-state index contributed by atoms with van der Waals surface area (Å²) in [7, 11) is 0. The third kappa shape index (κ3) is 3.73. The summed E-state index contributed by atoms with van der Waals surface area (Å²) in [5, 5.41) is 0. The Labute approximate surface area is 77.4 Å². The second-order valence-electron chi connectivity index (χ2n) is 2.17. The van der Waals surface area contributed by atoms with E-state index in [-0.39, 0.29) is 0 Å². The molecule has 0 unspecified atom stereocenters. The zero-order valence-electron chi connectivity index (χ0n) is 7.39. The van der Waals surface area contributed by atoms with Gasteiger partial charge in [-0.25, -0.2) is 4.98 Å². The monoisotopic (exact) mass is 191 g/mol. The number of hydrogen-bond acceptors (Lipinski definition) is 2. The molecular weight excluding hydrogens is 178 g/mol. The number of thiazole rings is 1. The summed E-state index contributed by atoms with van der Waals surface area (Å²) < 4.78 is 0.638. The minimum absolute atomic E-state index is 0.551. The smallest absolute Gasteiger partial charge is 0.183 e. The molecule has 0 aliphatic heterocycles. The van der Waals surface area contributed by atoms with Gasteiger partial charge in [0.15, 0.2) is 4.47 Å². The van der Waals surface area contributed by atoms with Crippen LogP contribution in [0, 0.1) is 0 Å². The van der Waals surface area contributed by atoms with Crippen molar-refractivity contribution in [2.45, 2.75) is 33.6 Å². The van der Waals surface area contributed by atoms with Gasteiger partial charge in [0.1, 0.15) is 0 Å². The first-order valence-electron chi connectivity index (χ1n) is 3.81. The highest BCUT2D eigenvalue weighted by Crippen LogP contribution is 2.24. The lowest BCUT2D eigenvalue weighted by Gasteiger charge is -1.94. The highest BCUT2D eigenvalue weighted by molar-refractivity contribution is 7.15. The third-order valence-electron chi connectivity index (χ3n) is 1.06. The van der Waals surface area contributed by atoms with Crippen molar-refractivity contribution in [2.75, 3.05) is 0 Å². The molecule has 1 rings (SSSR count). The molecular formula is C8H14ClNS. The molecule has 0 fully saturated rings. The van der Waals surface area contributed by atoms with Crippen molar-refractivity contribution in [3.8, 4) is 0 Å². The molecule has 0 radical (unpaired) electrons. The minimum atomic E-state index is 0.551. The van der Waals surface area contributed by atoms with E-state index in [0.29, 0.717) is 10.4 Å². The lowest BCUT2D eigenvalue weighted by Crippen LogP contribution is -1.77. The average Bonchev–Trinajstić information content (AvgIpc) is 2.40. The average molecular weight is 192 g/mol. The first-order chi connectivity index (χ1) is 5.20. The van der Waals surface area contributed by atoms with Gasteiger partial charge in [-0.2, -0.15) is 0 Å². The summed E-state index contributed by atoms with van der Waals surface area (Å²) in [6, 6.07) is 0. The molecule has 0 aliphatic carbocycles. The molecule has 0 saturated heterocycles. The Kier molecular flexibility index (Phi) is 5.51. The van der Waals surface area contributed by atoms with Crippen molar-refractivity contribution in [3.05, 3.63) is 15.5 Å². The van der Waals surface area contributed by atoms with Crippen molar-refractivity contribution >= 4 is 22.9 Å². The number of hydrogen-bond donors (Lipinski definition) is 0. The molecule has 0 aromatic carbocycles. The molecule has 0 bridgehead atoms. The van der Waals surface area contributed by atoms with E-state index >= 15 is 0 Å². The predicted octanol–water partition coefficient (Wildman–Crippen LogP) is 3.95. The van der Waals surface area contributed by atoms with E-state index in [2.05, 4.69) is 18.8 Å². The van der Waals surface area contributed by atoms with Gasteiger partial charge in [-0.1, -0.05) is 39.3 Å². The van der Waals surface area contributed by atoms with E-state index in [1.54, 1.807) is 11.3 Å². The molecule has 0 N–H and O–H groups in total. The molecule has 0 aliphatic rings. The maximum Gasteiger partial charge on any atom is 0.183 e. The van der Waals surface area contributed by atoms with Gasteiger partial charge in [-0.15, -0.1) is 11.3 Å². The van der Waals surface area contributed by atoms with Crippen LogP contribution < -0.4 is 0 Å². The van der Waals surface area contributed by atoms with Crippen LogP contribution >= 0.6 is 22.9 Å². The number of rotatable bonds is 1. The molecule has 1 heterocycles. The van der Waals surface area contributed by atoms with Gasteiger partial charge < -0.3 is 0 Å². The fourth-order valence-electron chi connectivity index (χ4n) is 0.531. The quantitative estimate of drug-likeness (QED) is 0.655. The molecule has 0 amide bonds. The molecule has 64 valence electrons. The molecule has 0 atom stereocenters. The second-order valence-corrected chi connectivity index (χ2v) is 3.81. The van der Waals surface area contributed by atoms with Gasteiger partial charge >= 0.3 is 0 Å². The molecule has 11 heavy (non-hydrogen) atoms. The fraction of sp³-hybridized carbons (Fsp3) is 0.625. The van der Waals surface area contributed by atoms with Crippen LogP contribution in [0.25, 0.3) is 0 Å². The normalized spacial score (nSPS) is 9.27. The van der Waals surface area contributed by atoms with Crippen LogP contribution in [0.4, 0.5) is 0 Å². The lowest BCUT2D eigenvalue weighted by atomic mass is 10.2. The minimum Gasteiger partial charge on any atom is -0.233 e. The zero-order valence-corrected chi connectivity index (χ0v) is 8.96. The Morgan fingerprint density at radius 2 is 2.00 bits per heavy atom. The maximum absolute atomic E-state index is 5.61. The fourth-order valence-corrected chi connectivity index (χ4v) is 1.49. The van der Waals surface area contributed by atoms with Crippen molar-refractivity contribution in [2.24, 2.45) is 0 Å². The topological polar surface area (TPSA) is 12.9 Å². The van der Waals surface area contributed by atoms with E-state index < -0.39 is 0 Å². The van der Waals surface area contributed by atoms with Crippen molar-refractivity contribution < 1.29 is 0 Å². The summed E-state index contributed by atoms with van der Waals surface area (Å²) in [4.78, 5) is 5.17. The summed E-state index contributed by atoms with van der Waals surface area (Å²) in [5.41, 5.74) is 0. The van der Waals surface area contributed by atoms with Gasteiger partial charge in [0.05, 0.1) is 0 Å². The molecule has 1 nitrogen and oxygen atoms in total. The first kappa shape index (κ1) is 10.9. The molecule has 1 aromatic rings. The summed E-state index contributed by atoms with van der Waals surface area (Å²) in [6.07, 6.45) is 1.83. The van der Waals surface area contributed by atoms with E-state index in [4.69, 9.17) is 11.6 Å². The second kappa shape index (κ2) is 5.56. The molecule has 0 spiro atoms. The van der Waals surface area contributed by atoms with Crippen molar-refractivity contribution in [3.63, 3.8) is 0 Å². The summed E-state index contributed by atoms with van der Waals surface area (Å²) in [6.45, 7) is 8.26. The van der Waals surface area contributed by atoms with Gasteiger partial charge in [-0.05, 0) is 5.92 Å². The molecule has 1 aromatic heterocycles. The predicted molar refractivity (Wildman–Crippen MR) is 52.6 cm³/mol. The van der Waals surface area contributed by atoms with Crippen LogP contribution in [0.15, 0.2) is 6.20 Å². The molecule has 0 saturated carbocycles. The Hall–Kier alpha value is -0.0800. The van der Waals surface area contributed by atoms with E-state index in [9.17, 15) is 0 Å². The van der Waals surface area contributed by atoms with Gasteiger partial charge in [0.25, 0.3) is 0 Å². The number of halogens is 1. The maximum atomic E-state index is 5.61. The van der Waals surface area contributed by atoms with Gasteiger partial charge in [0.2, 0.25) is 0 Å². The Bertz CT molecular complexity index is 196. The Morgan fingerprint density at radius 3 is 2.18 bits per heavy atom. The first-order valence-corrected chi connectivity index (χ1v) is 5.01. The Balaban J connectivity index is 0.000000461. The van der Waals surface area contributed by atoms with Gasteiger partial charge in [-0.3, -0.25) is 0 Å². The number of aromatic nitrogens is 1. The summed E-state index contributed by atoms with van der Waals surface area (Å²) in [5.74, 6) is 0.551. The molecule has 3 heteroatoms. The van der Waals surface area contributed by atoms with Crippen LogP contribution in [0.5, 0.6) is 0 Å². The van der Waals surface area contributed by atoms with Crippen LogP contribution in [0.2, 0.25) is 4.47 Å². The standard InChI is InChI=1S/C6H8ClNS.C2H6/c1-4(2)5-3-8-6(7)9-5;1-2/h3-4H,1-2H3;1-2H3. The SMILES string of the molecule is CC.CC(C)c1cnc(Cl)s1. The highest BCUT2D eigenvalue weighted by atomic mass is 35.5. The van der Waals surface area contributed by atoms with Crippen LogP contribution in [0.1, 0.15) is 38.5 Å². The largest absolute Gasteiger partial charge is 0.233 e. The third-order valence-corrected chi connectivity index (χ3v) is 2.48. The number of nitrogens with zero attached hydrogens (tertiary/aromatic N) is 1. The Morgan fingerprint density at radius 1 is 1.45 bits per heavy atom. The summed E-state index contributed by atoms with van der Waals surface area (Å²) >= 11 is 7.16. The van der Waals surface area contributed by atoms with E-state index in [1.165, 1.54) is 4.88 Å². The van der Waals surface area contributed by atoms with Crippen molar-refractivity contribution in [1.29, 1.82) is 0 Å². The van der Waals surface area contributed by atoms with Crippen LogP contribution in [-0.4, -0.2) is 4.98 Å². The van der Waals surface area contributed by atoms with E-state index in [1.807, 2.05) is 20.0 Å². The van der Waals surface area contributed by atoms with Crippen LogP contribution in [0.3, 0.4) is 0 Å².